The van der Waals surface area contributed by atoms with Crippen LogP contribution < -0.4 is 0 Å². The molecule has 0 aliphatic heterocycles. The minimum absolute atomic E-state index is 0. The van der Waals surface area contributed by atoms with E-state index < -0.39 is 17.2 Å². The van der Waals surface area contributed by atoms with Gasteiger partial charge in [-0.05, 0) is 15.9 Å². The van der Waals surface area contributed by atoms with Crippen molar-refractivity contribution in [2.45, 2.75) is 24.1 Å². The molecule has 0 rings (SSSR count). The second-order valence-corrected chi connectivity index (χ2v) is 2.55. The van der Waals surface area contributed by atoms with E-state index in [-0.39, 0.29) is 29.6 Å². The summed E-state index contributed by atoms with van der Waals surface area (Å²) in [4.78, 5) is -4.07. The van der Waals surface area contributed by atoms with Gasteiger partial charge >= 0.3 is 40.3 Å². The van der Waals surface area contributed by atoms with E-state index in [9.17, 15) is 17.6 Å². The Kier molecular flexibility index (Phi) is 5.89. The molecule has 0 heterocycles. The first-order chi connectivity index (χ1) is 3.81. The summed E-state index contributed by atoms with van der Waals surface area (Å²) in [6.45, 7) is 0.995. The van der Waals surface area contributed by atoms with Gasteiger partial charge in [0.1, 0.15) is 0 Å². The standard InChI is InChI=1S/C4H5BrF4.Na.H/c1-2-3(6,7)4(5,8)9;;/h2H2,1H3;;. The van der Waals surface area contributed by atoms with Crippen LogP contribution in [-0.2, 0) is 0 Å². The van der Waals surface area contributed by atoms with Gasteiger partial charge in [-0.1, -0.05) is 6.92 Å². The Balaban J connectivity index is 0. The van der Waals surface area contributed by atoms with Crippen LogP contribution in [0.1, 0.15) is 13.3 Å². The summed E-state index contributed by atoms with van der Waals surface area (Å²) in [7, 11) is 0. The molecule has 0 saturated carbocycles. The Morgan fingerprint density at radius 2 is 1.50 bits per heavy atom. The van der Waals surface area contributed by atoms with Gasteiger partial charge in [0.05, 0.1) is 0 Å². The van der Waals surface area contributed by atoms with Crippen molar-refractivity contribution >= 4 is 45.5 Å². The summed E-state index contributed by atoms with van der Waals surface area (Å²) < 4.78 is 47.1. The molecule has 0 fully saturated rings. The van der Waals surface area contributed by atoms with Crippen molar-refractivity contribution in [2.75, 3.05) is 0 Å². The molecule has 0 unspecified atom stereocenters. The summed E-state index contributed by atoms with van der Waals surface area (Å²) in [5, 5.41) is 0. The van der Waals surface area contributed by atoms with E-state index in [1.165, 1.54) is 0 Å². The molecule has 0 saturated heterocycles. The van der Waals surface area contributed by atoms with E-state index in [0.717, 1.165) is 6.92 Å². The summed E-state index contributed by atoms with van der Waals surface area (Å²) in [5.74, 6) is -3.94. The first-order valence-corrected chi connectivity index (χ1v) is 3.05. The van der Waals surface area contributed by atoms with E-state index in [1.54, 1.807) is 15.9 Å². The monoisotopic (exact) mass is 232 g/mol. The minimum atomic E-state index is -4.07. The molecule has 0 aromatic carbocycles. The summed E-state index contributed by atoms with van der Waals surface area (Å²) in [6.07, 6.45) is -0.870. The van der Waals surface area contributed by atoms with Crippen molar-refractivity contribution in [1.82, 2.24) is 0 Å². The Labute approximate surface area is 86.8 Å². The number of rotatable bonds is 2. The number of hydrogen-bond donors (Lipinski definition) is 0. The molecule has 58 valence electrons. The molecule has 0 aromatic rings. The first-order valence-electron chi connectivity index (χ1n) is 2.26. The average Bonchev–Trinajstić information content (AvgIpc) is 1.64. The number of alkyl halides is 5. The predicted octanol–water partition coefficient (Wildman–Crippen LogP) is 2.37. The van der Waals surface area contributed by atoms with Gasteiger partial charge in [0.15, 0.2) is 0 Å². The van der Waals surface area contributed by atoms with Gasteiger partial charge in [0, 0.05) is 6.42 Å². The van der Waals surface area contributed by atoms with Crippen LogP contribution in [0.2, 0.25) is 0 Å². The number of hydrogen-bond acceptors (Lipinski definition) is 0. The van der Waals surface area contributed by atoms with Crippen molar-refractivity contribution in [1.29, 1.82) is 0 Å². The van der Waals surface area contributed by atoms with Crippen molar-refractivity contribution in [3.63, 3.8) is 0 Å². The molecule has 0 aliphatic carbocycles. The van der Waals surface area contributed by atoms with Crippen LogP contribution in [-0.4, -0.2) is 40.3 Å². The quantitative estimate of drug-likeness (QED) is 0.390. The zero-order valence-corrected chi connectivity index (χ0v) is 6.18. The zero-order valence-electron chi connectivity index (χ0n) is 4.60. The van der Waals surface area contributed by atoms with Crippen LogP contribution >= 0.6 is 15.9 Å². The van der Waals surface area contributed by atoms with Crippen molar-refractivity contribution in [3.8, 4) is 0 Å². The fraction of sp³-hybridized carbons (Fsp3) is 1.00. The summed E-state index contributed by atoms with van der Waals surface area (Å²) in [5.41, 5.74) is 0. The third kappa shape index (κ3) is 3.55. The van der Waals surface area contributed by atoms with Crippen LogP contribution in [0.15, 0.2) is 0 Å². The van der Waals surface area contributed by atoms with E-state index in [2.05, 4.69) is 0 Å². The second kappa shape index (κ2) is 4.28. The van der Waals surface area contributed by atoms with Crippen LogP contribution in [0.3, 0.4) is 0 Å². The Morgan fingerprint density at radius 1 is 1.20 bits per heavy atom. The van der Waals surface area contributed by atoms with Crippen molar-refractivity contribution in [2.24, 2.45) is 0 Å². The summed E-state index contributed by atoms with van der Waals surface area (Å²) >= 11 is 1.58. The van der Waals surface area contributed by atoms with Gasteiger partial charge in [-0.15, -0.1) is 0 Å². The summed E-state index contributed by atoms with van der Waals surface area (Å²) in [6, 6.07) is 0. The van der Waals surface area contributed by atoms with Gasteiger partial charge in [0.25, 0.3) is 0 Å². The van der Waals surface area contributed by atoms with E-state index in [1.807, 2.05) is 0 Å². The van der Waals surface area contributed by atoms with E-state index in [4.69, 9.17) is 0 Å². The van der Waals surface area contributed by atoms with Crippen LogP contribution in [0.4, 0.5) is 17.6 Å². The normalized spacial score (nSPS) is 12.6. The zero-order chi connectivity index (χ0) is 7.71. The Hall–Kier alpha value is 1.20. The van der Waals surface area contributed by atoms with Crippen molar-refractivity contribution < 1.29 is 17.6 Å². The SMILES string of the molecule is CCC(F)(F)C(F)(F)Br.[NaH]. The van der Waals surface area contributed by atoms with Crippen LogP contribution in [0.5, 0.6) is 0 Å². The van der Waals surface area contributed by atoms with Gasteiger partial charge in [0.2, 0.25) is 0 Å². The first kappa shape index (κ1) is 13.8. The average molecular weight is 233 g/mol. The topological polar surface area (TPSA) is 0 Å². The third-order valence-electron chi connectivity index (χ3n) is 0.859. The molecule has 0 amide bonds. The fourth-order valence-electron chi connectivity index (χ4n) is 0.200. The Morgan fingerprint density at radius 3 is 1.50 bits per heavy atom. The molecule has 0 spiro atoms. The molecule has 10 heavy (non-hydrogen) atoms. The van der Waals surface area contributed by atoms with Crippen LogP contribution in [0.25, 0.3) is 0 Å². The molecule has 0 bridgehead atoms. The third-order valence-corrected chi connectivity index (χ3v) is 1.44. The molecule has 0 atom stereocenters. The van der Waals surface area contributed by atoms with Gasteiger partial charge < -0.3 is 0 Å². The molecule has 0 radical (unpaired) electrons. The van der Waals surface area contributed by atoms with Crippen LogP contribution in [0, 0.1) is 0 Å². The second-order valence-electron chi connectivity index (χ2n) is 1.56. The van der Waals surface area contributed by atoms with Gasteiger partial charge in [-0.25, -0.2) is 0 Å². The molecular formula is C4H6BrF4Na. The Bertz CT molecular complexity index is 99.9. The molecule has 0 nitrogen and oxygen atoms in total. The number of halogens is 5. The van der Waals surface area contributed by atoms with Crippen molar-refractivity contribution in [3.05, 3.63) is 0 Å². The fourth-order valence-corrected chi connectivity index (χ4v) is 0.481. The molecule has 0 aliphatic rings. The van der Waals surface area contributed by atoms with Gasteiger partial charge in [-0.3, -0.25) is 0 Å². The molecule has 0 aromatic heterocycles. The van der Waals surface area contributed by atoms with Gasteiger partial charge in [-0.2, -0.15) is 17.6 Å². The molecule has 0 N–H and O–H groups in total. The molecular weight excluding hydrogens is 227 g/mol. The maximum absolute atomic E-state index is 11.9. The maximum atomic E-state index is 11.9. The van der Waals surface area contributed by atoms with E-state index >= 15 is 0 Å². The predicted molar refractivity (Wildman–Crippen MR) is 36.3 cm³/mol. The van der Waals surface area contributed by atoms with E-state index in [0.29, 0.717) is 0 Å². The molecule has 6 heteroatoms.